The summed E-state index contributed by atoms with van der Waals surface area (Å²) in [5, 5.41) is 6.38. The molecule has 2 N–H and O–H groups in total. The molecule has 0 aromatic rings. The van der Waals surface area contributed by atoms with Crippen LogP contribution in [0.2, 0.25) is 0 Å². The van der Waals surface area contributed by atoms with Crippen LogP contribution in [0.3, 0.4) is 0 Å². The Hall–Kier alpha value is -0.610. The number of carbonyl (C=O) groups excluding carboxylic acids is 1. The normalized spacial score (nSPS) is 30.6. The molecule has 2 unspecified atom stereocenters. The highest BCUT2D eigenvalue weighted by atomic mass is 16.2. The van der Waals surface area contributed by atoms with Crippen molar-refractivity contribution in [1.29, 1.82) is 0 Å². The average molecular weight is 239 g/mol. The third kappa shape index (κ3) is 2.99. The quantitative estimate of drug-likeness (QED) is 0.743. The Morgan fingerprint density at radius 3 is 2.82 bits per heavy atom. The van der Waals surface area contributed by atoms with Crippen molar-refractivity contribution in [3.8, 4) is 0 Å². The van der Waals surface area contributed by atoms with Gasteiger partial charge in [0.2, 0.25) is 5.91 Å². The van der Waals surface area contributed by atoms with Gasteiger partial charge in [-0.05, 0) is 53.1 Å². The molecular formula is C13H25N3O. The number of nitrogens with zero attached hydrogens (tertiary/aromatic N) is 1. The summed E-state index contributed by atoms with van der Waals surface area (Å²) in [4.78, 5) is 14.5. The summed E-state index contributed by atoms with van der Waals surface area (Å²) in [7, 11) is 2.16. The minimum atomic E-state index is -0.335. The molecule has 2 aliphatic rings. The van der Waals surface area contributed by atoms with Gasteiger partial charge in [0, 0.05) is 18.6 Å². The Morgan fingerprint density at radius 1 is 1.59 bits per heavy atom. The van der Waals surface area contributed by atoms with Gasteiger partial charge in [0.15, 0.2) is 0 Å². The van der Waals surface area contributed by atoms with E-state index in [4.69, 9.17) is 0 Å². The molecule has 98 valence electrons. The average Bonchev–Trinajstić information content (AvgIpc) is 3.07. The van der Waals surface area contributed by atoms with Crippen molar-refractivity contribution < 1.29 is 4.79 Å². The smallest absolute Gasteiger partial charge is 0.240 e. The van der Waals surface area contributed by atoms with Crippen LogP contribution in [0.15, 0.2) is 0 Å². The molecule has 2 fully saturated rings. The number of carbonyl (C=O) groups is 1. The van der Waals surface area contributed by atoms with E-state index in [2.05, 4.69) is 29.5 Å². The summed E-state index contributed by atoms with van der Waals surface area (Å²) in [5.74, 6) is 0.158. The van der Waals surface area contributed by atoms with Gasteiger partial charge in [-0.2, -0.15) is 0 Å². The van der Waals surface area contributed by atoms with Crippen molar-refractivity contribution in [2.45, 2.75) is 57.2 Å². The molecule has 2 rings (SSSR count). The molecule has 1 heterocycles. The van der Waals surface area contributed by atoms with Crippen LogP contribution < -0.4 is 10.6 Å². The van der Waals surface area contributed by atoms with Crippen molar-refractivity contribution in [2.75, 3.05) is 20.1 Å². The summed E-state index contributed by atoms with van der Waals surface area (Å²) in [6, 6.07) is 1.18. The van der Waals surface area contributed by atoms with Crippen LogP contribution in [0.4, 0.5) is 0 Å². The maximum atomic E-state index is 12.1. The second-order valence-electron chi connectivity index (χ2n) is 5.82. The predicted octanol–water partition coefficient (Wildman–Crippen LogP) is 0.727. The Kier molecular flexibility index (Phi) is 3.73. The second-order valence-corrected chi connectivity index (χ2v) is 5.82. The van der Waals surface area contributed by atoms with Gasteiger partial charge >= 0.3 is 0 Å². The maximum Gasteiger partial charge on any atom is 0.240 e. The fourth-order valence-corrected chi connectivity index (χ4v) is 2.51. The third-order valence-electron chi connectivity index (χ3n) is 4.25. The minimum absolute atomic E-state index is 0.158. The maximum absolute atomic E-state index is 12.1. The van der Waals surface area contributed by atoms with Gasteiger partial charge < -0.3 is 10.6 Å². The van der Waals surface area contributed by atoms with E-state index in [1.807, 2.05) is 6.92 Å². The van der Waals surface area contributed by atoms with E-state index in [1.165, 1.54) is 12.8 Å². The molecule has 2 atom stereocenters. The summed E-state index contributed by atoms with van der Waals surface area (Å²) >= 11 is 0. The number of hydrogen-bond donors (Lipinski definition) is 2. The molecule has 17 heavy (non-hydrogen) atoms. The van der Waals surface area contributed by atoms with Crippen molar-refractivity contribution in [3.05, 3.63) is 0 Å². The molecule has 0 aromatic heterocycles. The van der Waals surface area contributed by atoms with Gasteiger partial charge in [-0.15, -0.1) is 0 Å². The van der Waals surface area contributed by atoms with Gasteiger partial charge in [-0.25, -0.2) is 0 Å². The zero-order chi connectivity index (χ0) is 12.5. The van der Waals surface area contributed by atoms with Crippen LogP contribution >= 0.6 is 0 Å². The van der Waals surface area contributed by atoms with Gasteiger partial charge in [0.05, 0.1) is 5.54 Å². The Bertz CT molecular complexity index is 282. The lowest BCUT2D eigenvalue weighted by molar-refractivity contribution is -0.126. The zero-order valence-corrected chi connectivity index (χ0v) is 11.3. The first-order chi connectivity index (χ1) is 8.03. The number of nitrogens with one attached hydrogen (secondary N) is 2. The number of likely N-dealkylation sites (N-methyl/N-ethyl adjacent to an activating group) is 1. The Morgan fingerprint density at radius 2 is 2.29 bits per heavy atom. The monoisotopic (exact) mass is 239 g/mol. The molecule has 1 aliphatic carbocycles. The highest BCUT2D eigenvalue weighted by molar-refractivity contribution is 5.86. The molecule has 0 bridgehead atoms. The van der Waals surface area contributed by atoms with Crippen LogP contribution in [-0.4, -0.2) is 48.6 Å². The first-order valence-corrected chi connectivity index (χ1v) is 6.78. The van der Waals surface area contributed by atoms with E-state index in [0.717, 1.165) is 32.0 Å². The summed E-state index contributed by atoms with van der Waals surface area (Å²) < 4.78 is 0. The Labute approximate surface area is 104 Å². The molecule has 1 saturated carbocycles. The van der Waals surface area contributed by atoms with E-state index in [1.54, 1.807) is 0 Å². The fraction of sp³-hybridized carbons (Fsp3) is 0.923. The molecule has 4 heteroatoms. The lowest BCUT2D eigenvalue weighted by atomic mass is 9.99. The minimum Gasteiger partial charge on any atom is -0.353 e. The second kappa shape index (κ2) is 4.94. The topological polar surface area (TPSA) is 44.4 Å². The summed E-state index contributed by atoms with van der Waals surface area (Å²) in [6.07, 6.45) is 4.68. The van der Waals surface area contributed by atoms with Crippen molar-refractivity contribution in [3.63, 3.8) is 0 Å². The van der Waals surface area contributed by atoms with E-state index >= 15 is 0 Å². The number of rotatable bonds is 5. The molecule has 1 amide bonds. The van der Waals surface area contributed by atoms with E-state index in [0.29, 0.717) is 6.04 Å². The third-order valence-corrected chi connectivity index (χ3v) is 4.25. The standard InChI is InChI=1S/C13H25N3O/c1-10(16(3)11-5-6-11)9-14-12(17)13(2)7-4-8-15-13/h10-11,15H,4-9H2,1-3H3,(H,14,17). The highest BCUT2D eigenvalue weighted by Crippen LogP contribution is 2.26. The van der Waals surface area contributed by atoms with Crippen LogP contribution in [-0.2, 0) is 4.79 Å². The molecule has 1 aliphatic heterocycles. The lowest BCUT2D eigenvalue weighted by Crippen LogP contribution is -2.53. The van der Waals surface area contributed by atoms with Gasteiger partial charge in [0.1, 0.15) is 0 Å². The van der Waals surface area contributed by atoms with Crippen LogP contribution in [0.5, 0.6) is 0 Å². The first kappa shape index (κ1) is 12.8. The summed E-state index contributed by atoms with van der Waals surface area (Å²) in [5.41, 5.74) is -0.335. The van der Waals surface area contributed by atoms with Crippen molar-refractivity contribution >= 4 is 5.91 Å². The first-order valence-electron chi connectivity index (χ1n) is 6.78. The van der Waals surface area contributed by atoms with Crippen LogP contribution in [0, 0.1) is 0 Å². The van der Waals surface area contributed by atoms with E-state index in [9.17, 15) is 4.79 Å². The van der Waals surface area contributed by atoms with Crippen LogP contribution in [0.1, 0.15) is 39.5 Å². The van der Waals surface area contributed by atoms with Gasteiger partial charge in [-0.3, -0.25) is 9.69 Å². The lowest BCUT2D eigenvalue weighted by Gasteiger charge is -2.28. The van der Waals surface area contributed by atoms with Crippen LogP contribution in [0.25, 0.3) is 0 Å². The van der Waals surface area contributed by atoms with Gasteiger partial charge in [0.25, 0.3) is 0 Å². The van der Waals surface area contributed by atoms with E-state index < -0.39 is 0 Å². The molecule has 0 spiro atoms. The molecule has 1 saturated heterocycles. The molecular weight excluding hydrogens is 214 g/mol. The Balaban J connectivity index is 1.75. The summed E-state index contributed by atoms with van der Waals surface area (Å²) in [6.45, 7) is 5.90. The largest absolute Gasteiger partial charge is 0.353 e. The SMILES string of the molecule is CC(CNC(=O)C1(C)CCCN1)N(C)C1CC1. The molecule has 0 aromatic carbocycles. The molecule has 0 radical (unpaired) electrons. The zero-order valence-electron chi connectivity index (χ0n) is 11.3. The highest BCUT2D eigenvalue weighted by Gasteiger charge is 2.36. The predicted molar refractivity (Wildman–Crippen MR) is 68.9 cm³/mol. The van der Waals surface area contributed by atoms with Crippen molar-refractivity contribution in [1.82, 2.24) is 15.5 Å². The number of hydrogen-bond acceptors (Lipinski definition) is 3. The van der Waals surface area contributed by atoms with Crippen molar-refractivity contribution in [2.24, 2.45) is 0 Å². The molecule has 4 nitrogen and oxygen atoms in total. The fourth-order valence-electron chi connectivity index (χ4n) is 2.51. The van der Waals surface area contributed by atoms with E-state index in [-0.39, 0.29) is 11.4 Å². The van der Waals surface area contributed by atoms with Gasteiger partial charge in [-0.1, -0.05) is 0 Å². The number of amides is 1.